The molecule has 6 rings (SSSR count). The van der Waals surface area contributed by atoms with Crippen LogP contribution < -0.4 is 24.8 Å². The zero-order valence-corrected chi connectivity index (χ0v) is 38.4. The van der Waals surface area contributed by atoms with Gasteiger partial charge in [-0.05, 0) is 17.4 Å². The molecular weight excluding hydrogens is 853 g/mol. The second kappa shape index (κ2) is 19.5. The van der Waals surface area contributed by atoms with Crippen LogP contribution in [-0.4, -0.2) is 3.21 Å². The van der Waals surface area contributed by atoms with E-state index in [1.54, 1.807) is 0 Å². The van der Waals surface area contributed by atoms with Crippen molar-refractivity contribution in [1.29, 1.82) is 0 Å². The monoisotopic (exact) mass is 902 g/mol. The van der Waals surface area contributed by atoms with E-state index in [1.807, 2.05) is 0 Å². The summed E-state index contributed by atoms with van der Waals surface area (Å²) >= 11 is 0.898. The van der Waals surface area contributed by atoms with E-state index in [0.29, 0.717) is 19.7 Å². The van der Waals surface area contributed by atoms with Gasteiger partial charge in [0.25, 0.3) is 0 Å². The first-order chi connectivity index (χ1) is 25.3. The maximum atomic E-state index is 12.5. The van der Waals surface area contributed by atoms with Crippen molar-refractivity contribution in [2.24, 2.45) is 0 Å². The molecule has 0 aliphatic heterocycles. The smallest absolute Gasteiger partial charge is 1.00 e. The van der Waals surface area contributed by atoms with Gasteiger partial charge in [-0.25, -0.2) is 6.07 Å². The predicted molar refractivity (Wildman–Crippen MR) is 212 cm³/mol. The molecule has 0 saturated carbocycles. The van der Waals surface area contributed by atoms with Crippen molar-refractivity contribution >= 4 is 3.21 Å². The van der Waals surface area contributed by atoms with Crippen molar-refractivity contribution in [2.75, 3.05) is 0 Å². The predicted octanol–water partition coefficient (Wildman–Crippen LogP) is 8.16. The zero-order chi connectivity index (χ0) is 41.1. The van der Waals surface area contributed by atoms with Crippen LogP contribution in [0.3, 0.4) is 0 Å². The van der Waals surface area contributed by atoms with Crippen molar-refractivity contribution in [3.05, 3.63) is 159 Å². The molecular formula is C48H52Cl2F6Zr-2. The Balaban J connectivity index is 0.000000302. The fourth-order valence-corrected chi connectivity index (χ4v) is 7.03. The van der Waals surface area contributed by atoms with Crippen molar-refractivity contribution in [3.63, 3.8) is 0 Å². The van der Waals surface area contributed by atoms with E-state index >= 15 is 0 Å². The summed E-state index contributed by atoms with van der Waals surface area (Å²) in [5.41, 5.74) is 11.6. The van der Waals surface area contributed by atoms with Crippen molar-refractivity contribution in [3.8, 4) is 11.1 Å². The third-order valence-corrected chi connectivity index (χ3v) is 11.2. The molecule has 0 radical (unpaired) electrons. The summed E-state index contributed by atoms with van der Waals surface area (Å²) in [7, 11) is 0. The van der Waals surface area contributed by atoms with Crippen molar-refractivity contribution < 1.29 is 75.4 Å². The molecule has 306 valence electrons. The summed E-state index contributed by atoms with van der Waals surface area (Å²) < 4.78 is 75.6. The number of hydrogen-bond acceptors (Lipinski definition) is 0. The van der Waals surface area contributed by atoms with E-state index in [-0.39, 0.29) is 35.6 Å². The third-order valence-electron chi connectivity index (χ3n) is 9.75. The summed E-state index contributed by atoms with van der Waals surface area (Å²) in [6.45, 7) is 22.7. The summed E-state index contributed by atoms with van der Waals surface area (Å²) in [5, 5.41) is 0. The van der Waals surface area contributed by atoms with Crippen LogP contribution in [-0.2, 0) is 65.7 Å². The molecule has 0 amide bonds. The molecule has 0 bridgehead atoms. The second-order valence-electron chi connectivity index (χ2n) is 17.4. The molecule has 1 aliphatic carbocycles. The summed E-state index contributed by atoms with van der Waals surface area (Å²) in [6, 6.07) is 31.1. The first-order valence-corrected chi connectivity index (χ1v) is 19.9. The number of hydrogen-bond donors (Lipinski definition) is 0. The van der Waals surface area contributed by atoms with Gasteiger partial charge in [0, 0.05) is 0 Å². The minimum absolute atomic E-state index is 0. The van der Waals surface area contributed by atoms with Gasteiger partial charge in [0.15, 0.2) is 0 Å². The van der Waals surface area contributed by atoms with E-state index in [4.69, 9.17) is 0 Å². The number of alkyl halides is 6. The summed E-state index contributed by atoms with van der Waals surface area (Å²) in [6.07, 6.45) is -5.33. The molecule has 0 N–H and O–H groups in total. The molecule has 0 spiro atoms. The third kappa shape index (κ3) is 13.6. The summed E-state index contributed by atoms with van der Waals surface area (Å²) in [5.74, 6) is 0. The van der Waals surface area contributed by atoms with Gasteiger partial charge in [-0.2, -0.15) is 52.6 Å². The van der Waals surface area contributed by atoms with Crippen LogP contribution in [0.1, 0.15) is 131 Å². The zero-order valence-electron chi connectivity index (χ0n) is 34.4. The average molecular weight is 905 g/mol. The average Bonchev–Trinajstić information content (AvgIpc) is 3.72. The Bertz CT molecular complexity index is 1950. The second-order valence-corrected chi connectivity index (χ2v) is 18.6. The van der Waals surface area contributed by atoms with Gasteiger partial charge in [0.1, 0.15) is 0 Å². The van der Waals surface area contributed by atoms with Crippen LogP contribution in [0.15, 0.2) is 97.1 Å². The van der Waals surface area contributed by atoms with E-state index in [2.05, 4.69) is 124 Å². The van der Waals surface area contributed by atoms with Crippen LogP contribution in [0.25, 0.3) is 11.1 Å². The molecule has 0 aromatic heterocycles. The maximum absolute atomic E-state index is 12.5. The van der Waals surface area contributed by atoms with E-state index in [9.17, 15) is 26.3 Å². The fraction of sp³-hybridized carbons (Fsp3) is 0.375. The molecule has 0 atom stereocenters. The first-order valence-electron chi connectivity index (χ1n) is 18.7. The van der Waals surface area contributed by atoms with Crippen LogP contribution in [0.2, 0.25) is 0 Å². The minimum atomic E-state index is -4.41. The van der Waals surface area contributed by atoms with Crippen LogP contribution in [0.4, 0.5) is 26.3 Å². The van der Waals surface area contributed by atoms with Gasteiger partial charge in [0.2, 0.25) is 0 Å². The van der Waals surface area contributed by atoms with Gasteiger partial charge in [-0.3, -0.25) is 0 Å². The first kappa shape index (κ1) is 50.3. The molecule has 0 fully saturated rings. The molecule has 0 unspecified atom stereocenters. The van der Waals surface area contributed by atoms with E-state index in [1.165, 1.54) is 81.6 Å². The fourth-order valence-electron chi connectivity index (χ4n) is 6.21. The number of aryl methyl sites for hydroxylation is 1. The van der Waals surface area contributed by atoms with Gasteiger partial charge in [-0.1, -0.05) is 122 Å². The number of rotatable bonds is 4. The molecule has 0 nitrogen and oxygen atoms in total. The van der Waals surface area contributed by atoms with E-state index < -0.39 is 23.5 Å². The molecule has 0 heterocycles. The van der Waals surface area contributed by atoms with Crippen molar-refractivity contribution in [1.82, 2.24) is 0 Å². The Morgan fingerprint density at radius 1 is 0.596 bits per heavy atom. The normalized spacial score (nSPS) is 12.5. The van der Waals surface area contributed by atoms with Gasteiger partial charge in [0.05, 0.1) is 0 Å². The molecule has 0 saturated heterocycles. The number of benzene rings is 4. The van der Waals surface area contributed by atoms with Crippen LogP contribution in [0.5, 0.6) is 0 Å². The van der Waals surface area contributed by atoms with Gasteiger partial charge >= 0.3 is 137 Å². The standard InChI is InChI=1S/C21H25.C15H8F6.C12H19.2ClH.Zr/c1-20(2,3)16-9-7-14-11-15-8-10-17(21(4,5)6)13-19(15)18(14)12-16;16-14(17,18)12-5-1-10(2-6-12)9-11-3-7-13(8-4-11)15(19,20)21;1-5-6-10-7-8-11(9-10)12(2,3)4;;;/h7,9-10,12-13H,11H2,1-6H3;1-8H;7-9H,5-6H2,1-4H3;2*1H;/q-1;;-1;;;+2/p-2. The van der Waals surface area contributed by atoms with Crippen molar-refractivity contribution in [2.45, 2.75) is 117 Å². The molecule has 1 aliphatic rings. The topological polar surface area (TPSA) is 0 Å². The van der Waals surface area contributed by atoms with Gasteiger partial charge < -0.3 is 24.8 Å². The summed E-state index contributed by atoms with van der Waals surface area (Å²) in [4.78, 5) is 0. The molecule has 5 aromatic carbocycles. The Morgan fingerprint density at radius 2 is 1.04 bits per heavy atom. The number of halogens is 8. The van der Waals surface area contributed by atoms with Crippen LogP contribution >= 0.6 is 0 Å². The molecule has 57 heavy (non-hydrogen) atoms. The largest absolute Gasteiger partial charge is 1.00 e. The molecule has 5 aromatic rings. The minimum Gasteiger partial charge on any atom is -1.00 e. The van der Waals surface area contributed by atoms with E-state index in [0.717, 1.165) is 54.9 Å². The Labute approximate surface area is 363 Å². The Hall–Kier alpha value is -2.86. The molecule has 9 heteroatoms. The van der Waals surface area contributed by atoms with Gasteiger partial charge in [-0.15, -0.1) is 5.56 Å². The maximum Gasteiger partial charge on any atom is -1.00 e. The Morgan fingerprint density at radius 3 is 1.44 bits per heavy atom. The Kier molecular flexibility index (Phi) is 17.2. The SMILES string of the molecule is CC(C)(C)c1c[c-]c2c(c1)-c1cc(C(C)(C)C)ccc1C2.CCCc1cc(C(C)(C)C)c[cH-]1.FC(F)(F)c1ccc([C](=[Zr+2])c2ccc(C(F)(F)F)cc2)cc1.[Cl-].[Cl-]. The quantitative estimate of drug-likeness (QED) is 0.124. The number of fused-ring (bicyclic) bond motifs is 3. The van der Waals surface area contributed by atoms with Crippen LogP contribution in [0, 0.1) is 6.07 Å².